The molecule has 0 aromatic heterocycles. The highest BCUT2D eigenvalue weighted by Gasteiger charge is 2.47. The van der Waals surface area contributed by atoms with Crippen LogP contribution in [0.4, 0.5) is 0 Å². The Morgan fingerprint density at radius 3 is 2.45 bits per heavy atom. The summed E-state index contributed by atoms with van der Waals surface area (Å²) in [7, 11) is 0. The Bertz CT molecular complexity index is 578. The van der Waals surface area contributed by atoms with Gasteiger partial charge in [0, 0.05) is 25.3 Å². The quantitative estimate of drug-likeness (QED) is 0.303. The first-order chi connectivity index (χ1) is 14.0. The molecule has 0 unspecified atom stereocenters. The summed E-state index contributed by atoms with van der Waals surface area (Å²) in [5.74, 6) is -0.301. The van der Waals surface area contributed by atoms with Crippen LogP contribution in [-0.2, 0) is 19.1 Å². The van der Waals surface area contributed by atoms with Crippen LogP contribution in [0.3, 0.4) is 0 Å². The van der Waals surface area contributed by atoms with Crippen LogP contribution in [-0.4, -0.2) is 48.2 Å². The summed E-state index contributed by atoms with van der Waals surface area (Å²) >= 11 is 0. The summed E-state index contributed by atoms with van der Waals surface area (Å²) in [6.07, 6.45) is 12.7. The average Bonchev–Trinajstić information content (AvgIpc) is 3.29. The molecule has 4 atom stereocenters. The summed E-state index contributed by atoms with van der Waals surface area (Å²) in [6, 6.07) is 0. The molecule has 2 aliphatic rings. The van der Waals surface area contributed by atoms with Crippen molar-refractivity contribution in [1.82, 2.24) is 10.6 Å². The van der Waals surface area contributed by atoms with E-state index < -0.39 is 5.97 Å². The largest absolute Gasteiger partial charge is 0.481 e. The van der Waals surface area contributed by atoms with E-state index in [4.69, 9.17) is 9.84 Å². The van der Waals surface area contributed by atoms with Crippen LogP contribution >= 0.6 is 0 Å². The van der Waals surface area contributed by atoms with Crippen molar-refractivity contribution in [2.24, 2.45) is 11.8 Å². The van der Waals surface area contributed by atoms with Gasteiger partial charge in [-0.15, -0.1) is 0 Å². The first-order valence-electron chi connectivity index (χ1n) is 11.1. The molecule has 2 aliphatic heterocycles. The van der Waals surface area contributed by atoms with Gasteiger partial charge >= 0.3 is 5.97 Å². The second-order valence-electron chi connectivity index (χ2n) is 8.15. The topological polar surface area (TPSA) is 105 Å². The van der Waals surface area contributed by atoms with Gasteiger partial charge in [-0.25, -0.2) is 0 Å². The molecule has 7 nitrogen and oxygen atoms in total. The molecule has 164 valence electrons. The number of allylic oxidation sites excluding steroid dienone is 2. The number of carbonyl (C=O) groups is 3. The predicted molar refractivity (Wildman–Crippen MR) is 110 cm³/mol. The lowest BCUT2D eigenvalue weighted by Crippen LogP contribution is -2.42. The second kappa shape index (κ2) is 12.6. The molecule has 0 aliphatic carbocycles. The minimum Gasteiger partial charge on any atom is -0.481 e. The molecule has 0 spiro atoms. The van der Waals surface area contributed by atoms with E-state index in [-0.39, 0.29) is 37.0 Å². The molecule has 0 aromatic carbocycles. The van der Waals surface area contributed by atoms with Crippen molar-refractivity contribution in [2.45, 2.75) is 83.3 Å². The number of aliphatic carboxylic acids is 1. The van der Waals surface area contributed by atoms with E-state index in [1.165, 1.54) is 0 Å². The Morgan fingerprint density at radius 2 is 1.72 bits per heavy atom. The summed E-state index contributed by atoms with van der Waals surface area (Å²) in [6.45, 7) is 2.69. The van der Waals surface area contributed by atoms with Gasteiger partial charge in [-0.1, -0.05) is 31.9 Å². The van der Waals surface area contributed by atoms with Gasteiger partial charge in [0.05, 0.1) is 18.8 Å². The SMILES string of the molecule is CCCCCC(=O)NCC(=O)NC[C@H]1[C@@H](CC=CCCCC(=O)O)[C@H]2CC[C@@H]1O2. The van der Waals surface area contributed by atoms with Crippen LogP contribution in [0.25, 0.3) is 0 Å². The van der Waals surface area contributed by atoms with E-state index in [1.54, 1.807) is 0 Å². The van der Waals surface area contributed by atoms with Gasteiger partial charge in [0.25, 0.3) is 0 Å². The fraction of sp³-hybridized carbons (Fsp3) is 0.773. The molecule has 7 heteroatoms. The Labute approximate surface area is 173 Å². The Morgan fingerprint density at radius 1 is 0.966 bits per heavy atom. The highest BCUT2D eigenvalue weighted by molar-refractivity contribution is 5.84. The number of ether oxygens (including phenoxy) is 1. The Balaban J connectivity index is 1.68. The minimum absolute atomic E-state index is 0.0285. The monoisotopic (exact) mass is 408 g/mol. The van der Waals surface area contributed by atoms with Crippen molar-refractivity contribution in [3.05, 3.63) is 12.2 Å². The van der Waals surface area contributed by atoms with Gasteiger partial charge in [0.1, 0.15) is 0 Å². The van der Waals surface area contributed by atoms with Crippen LogP contribution in [0.5, 0.6) is 0 Å². The molecule has 2 bridgehead atoms. The van der Waals surface area contributed by atoms with E-state index in [0.29, 0.717) is 31.2 Å². The van der Waals surface area contributed by atoms with Gasteiger partial charge in [-0.05, 0) is 44.4 Å². The Hall–Kier alpha value is -1.89. The third-order valence-corrected chi connectivity index (χ3v) is 5.92. The fourth-order valence-electron chi connectivity index (χ4n) is 4.32. The van der Waals surface area contributed by atoms with Crippen molar-refractivity contribution in [3.8, 4) is 0 Å². The van der Waals surface area contributed by atoms with Crippen molar-refractivity contribution in [2.75, 3.05) is 13.1 Å². The molecule has 2 heterocycles. The molecule has 29 heavy (non-hydrogen) atoms. The number of hydrogen-bond donors (Lipinski definition) is 3. The number of fused-ring (bicyclic) bond motifs is 2. The van der Waals surface area contributed by atoms with Crippen molar-refractivity contribution >= 4 is 17.8 Å². The molecule has 2 amide bonds. The lowest BCUT2D eigenvalue weighted by Gasteiger charge is -2.27. The number of rotatable bonds is 14. The number of unbranched alkanes of at least 4 members (excludes halogenated alkanes) is 3. The predicted octanol–water partition coefficient (Wildman–Crippen LogP) is 2.79. The second-order valence-corrected chi connectivity index (χ2v) is 8.15. The average molecular weight is 409 g/mol. The van der Waals surface area contributed by atoms with Crippen LogP contribution in [0.15, 0.2) is 12.2 Å². The minimum atomic E-state index is -0.757. The van der Waals surface area contributed by atoms with E-state index in [2.05, 4.69) is 29.7 Å². The molecule has 2 saturated heterocycles. The van der Waals surface area contributed by atoms with Crippen molar-refractivity contribution in [1.29, 1.82) is 0 Å². The summed E-state index contributed by atoms with van der Waals surface area (Å²) in [4.78, 5) is 34.4. The van der Waals surface area contributed by atoms with Gasteiger partial charge in [0.2, 0.25) is 11.8 Å². The Kier molecular flexibility index (Phi) is 10.2. The van der Waals surface area contributed by atoms with Crippen LogP contribution < -0.4 is 10.6 Å². The zero-order chi connectivity index (χ0) is 21.1. The van der Waals surface area contributed by atoms with Gasteiger partial charge in [0.15, 0.2) is 0 Å². The molecule has 2 rings (SSSR count). The molecular weight excluding hydrogens is 372 g/mol. The summed E-state index contributed by atoms with van der Waals surface area (Å²) in [5, 5.41) is 14.3. The molecule has 0 saturated carbocycles. The lowest BCUT2D eigenvalue weighted by molar-refractivity contribution is -0.137. The van der Waals surface area contributed by atoms with Crippen LogP contribution in [0.2, 0.25) is 0 Å². The highest BCUT2D eigenvalue weighted by Crippen LogP contribution is 2.44. The van der Waals surface area contributed by atoms with Crippen LogP contribution in [0.1, 0.15) is 71.1 Å². The molecule has 3 N–H and O–H groups in total. The van der Waals surface area contributed by atoms with E-state index >= 15 is 0 Å². The third-order valence-electron chi connectivity index (χ3n) is 5.92. The number of amides is 2. The van der Waals surface area contributed by atoms with Crippen LogP contribution in [0, 0.1) is 11.8 Å². The van der Waals surface area contributed by atoms with E-state index in [0.717, 1.165) is 44.9 Å². The van der Waals surface area contributed by atoms with E-state index in [9.17, 15) is 14.4 Å². The smallest absolute Gasteiger partial charge is 0.303 e. The summed E-state index contributed by atoms with van der Waals surface area (Å²) < 4.78 is 6.06. The zero-order valence-corrected chi connectivity index (χ0v) is 17.5. The maximum atomic E-state index is 12.1. The fourth-order valence-corrected chi connectivity index (χ4v) is 4.32. The number of carbonyl (C=O) groups excluding carboxylic acids is 2. The molecular formula is C22H36N2O5. The van der Waals surface area contributed by atoms with Crippen molar-refractivity contribution in [3.63, 3.8) is 0 Å². The van der Waals surface area contributed by atoms with Gasteiger partial charge in [-0.3, -0.25) is 14.4 Å². The highest BCUT2D eigenvalue weighted by atomic mass is 16.5. The standard InChI is InChI=1S/C22H36N2O5/c1-2-3-6-10-20(25)24-15-21(26)23-14-17-16(18-12-13-19(17)29-18)9-7-4-5-8-11-22(27)28/h4,7,16-19H,2-3,5-6,8-15H2,1H3,(H,23,26)(H,24,25)(H,27,28)/t16-,17+,18-,19+/m1/s1. The van der Waals surface area contributed by atoms with Crippen molar-refractivity contribution < 1.29 is 24.2 Å². The molecule has 0 radical (unpaired) electrons. The lowest BCUT2D eigenvalue weighted by atomic mass is 9.77. The third kappa shape index (κ3) is 8.17. The molecule has 0 aromatic rings. The van der Waals surface area contributed by atoms with Gasteiger partial charge in [-0.2, -0.15) is 0 Å². The number of hydrogen-bond acceptors (Lipinski definition) is 4. The van der Waals surface area contributed by atoms with Gasteiger partial charge < -0.3 is 20.5 Å². The maximum absolute atomic E-state index is 12.1. The number of carboxylic acid groups (broad SMARTS) is 1. The number of nitrogens with one attached hydrogen (secondary N) is 2. The first kappa shape index (κ1) is 23.4. The molecule has 2 fully saturated rings. The number of carboxylic acids is 1. The van der Waals surface area contributed by atoms with E-state index in [1.807, 2.05) is 0 Å². The maximum Gasteiger partial charge on any atom is 0.303 e. The normalized spacial score (nSPS) is 25.4. The zero-order valence-electron chi connectivity index (χ0n) is 17.5. The summed E-state index contributed by atoms with van der Waals surface area (Å²) in [5.41, 5.74) is 0. The first-order valence-corrected chi connectivity index (χ1v) is 11.1.